The molecule has 6 nitrogen and oxygen atoms in total. The van der Waals surface area contributed by atoms with Gasteiger partial charge in [-0.1, -0.05) is 42.7 Å². The molecule has 0 unspecified atom stereocenters. The van der Waals surface area contributed by atoms with E-state index in [2.05, 4.69) is 5.32 Å². The Labute approximate surface area is 184 Å². The number of nitrogens with one attached hydrogen (secondary N) is 1. The highest BCUT2D eigenvalue weighted by molar-refractivity contribution is 5.88. The molecule has 2 aromatic carbocycles. The number of rotatable bonds is 9. The molecule has 2 aromatic rings. The summed E-state index contributed by atoms with van der Waals surface area (Å²) in [5.74, 6) is 0.975. The zero-order valence-electron chi connectivity index (χ0n) is 18.6. The first-order chi connectivity index (χ1) is 15.0. The summed E-state index contributed by atoms with van der Waals surface area (Å²) in [6.07, 6.45) is 4.27. The van der Waals surface area contributed by atoms with Crippen molar-refractivity contribution in [3.63, 3.8) is 0 Å². The van der Waals surface area contributed by atoms with E-state index in [-0.39, 0.29) is 24.5 Å². The Bertz CT molecular complexity index is 875. The van der Waals surface area contributed by atoms with E-state index >= 15 is 0 Å². The fourth-order valence-corrected chi connectivity index (χ4v) is 3.80. The lowest BCUT2D eigenvalue weighted by Crippen LogP contribution is -2.50. The van der Waals surface area contributed by atoms with Crippen molar-refractivity contribution in [1.29, 1.82) is 0 Å². The molecule has 0 aliphatic heterocycles. The smallest absolute Gasteiger partial charge is 0.261 e. The fourth-order valence-electron chi connectivity index (χ4n) is 3.80. The van der Waals surface area contributed by atoms with Crippen molar-refractivity contribution in [3.05, 3.63) is 59.7 Å². The molecular formula is C25H32N2O4. The number of hydrogen-bond acceptors (Lipinski definition) is 4. The maximum absolute atomic E-state index is 13.1. The lowest BCUT2D eigenvalue weighted by molar-refractivity contribution is -0.142. The van der Waals surface area contributed by atoms with Gasteiger partial charge in [0.2, 0.25) is 5.91 Å². The van der Waals surface area contributed by atoms with Crippen LogP contribution in [0.4, 0.5) is 0 Å². The Morgan fingerprint density at radius 1 is 1.10 bits per heavy atom. The number of hydrogen-bond donors (Lipinski definition) is 1. The average Bonchev–Trinajstić information content (AvgIpc) is 3.29. The highest BCUT2D eigenvalue weighted by Gasteiger charge is 2.28. The number of methoxy groups -OCH3 is 1. The SMILES string of the molecule is COc1cccc(CN(C(=O)COc2ccc(C)cc2)[C@H](C)C(=O)NC2CCCC2)c1. The summed E-state index contributed by atoms with van der Waals surface area (Å²) in [6, 6.07) is 14.7. The van der Waals surface area contributed by atoms with Crippen LogP contribution in [0.15, 0.2) is 48.5 Å². The van der Waals surface area contributed by atoms with Crippen LogP contribution in [0.3, 0.4) is 0 Å². The highest BCUT2D eigenvalue weighted by Crippen LogP contribution is 2.20. The van der Waals surface area contributed by atoms with E-state index in [4.69, 9.17) is 9.47 Å². The summed E-state index contributed by atoms with van der Waals surface area (Å²) < 4.78 is 11.0. The number of aryl methyl sites for hydroxylation is 1. The highest BCUT2D eigenvalue weighted by atomic mass is 16.5. The predicted molar refractivity (Wildman–Crippen MR) is 120 cm³/mol. The Kier molecular flexibility index (Phi) is 7.93. The Morgan fingerprint density at radius 2 is 1.81 bits per heavy atom. The molecule has 0 bridgehead atoms. The summed E-state index contributed by atoms with van der Waals surface area (Å²) in [5, 5.41) is 3.10. The lowest BCUT2D eigenvalue weighted by atomic mass is 10.1. The lowest BCUT2D eigenvalue weighted by Gasteiger charge is -2.29. The van der Waals surface area contributed by atoms with E-state index in [1.54, 1.807) is 18.9 Å². The van der Waals surface area contributed by atoms with Crippen molar-refractivity contribution in [2.75, 3.05) is 13.7 Å². The predicted octanol–water partition coefficient (Wildman–Crippen LogP) is 3.86. The first kappa shape index (κ1) is 22.7. The van der Waals surface area contributed by atoms with Gasteiger partial charge in [0.1, 0.15) is 17.5 Å². The van der Waals surface area contributed by atoms with E-state index in [1.807, 2.05) is 55.5 Å². The van der Waals surface area contributed by atoms with Gasteiger partial charge < -0.3 is 19.7 Å². The molecule has 1 N–H and O–H groups in total. The van der Waals surface area contributed by atoms with Crippen molar-refractivity contribution < 1.29 is 19.1 Å². The molecule has 0 aromatic heterocycles. The van der Waals surface area contributed by atoms with Crippen LogP contribution in [0, 0.1) is 6.92 Å². The molecule has 0 heterocycles. The number of carbonyl (C=O) groups is 2. The van der Waals surface area contributed by atoms with Crippen LogP contribution in [0.2, 0.25) is 0 Å². The standard InChI is InChI=1S/C25H32N2O4/c1-18-11-13-22(14-12-18)31-17-24(28)27(16-20-7-6-10-23(15-20)30-3)19(2)25(29)26-21-8-4-5-9-21/h6-7,10-15,19,21H,4-5,8-9,16-17H2,1-3H3,(H,26,29)/t19-/m1/s1. The van der Waals surface area contributed by atoms with E-state index < -0.39 is 6.04 Å². The summed E-state index contributed by atoms with van der Waals surface area (Å²) in [7, 11) is 1.61. The first-order valence-corrected chi connectivity index (χ1v) is 10.9. The van der Waals surface area contributed by atoms with Gasteiger partial charge in [-0.3, -0.25) is 9.59 Å². The normalized spacial score (nSPS) is 14.7. The molecule has 1 atom stereocenters. The molecule has 0 spiro atoms. The van der Waals surface area contributed by atoms with Gasteiger partial charge in [0.25, 0.3) is 5.91 Å². The second-order valence-electron chi connectivity index (χ2n) is 8.14. The average molecular weight is 425 g/mol. The van der Waals surface area contributed by atoms with Crippen molar-refractivity contribution >= 4 is 11.8 Å². The second-order valence-corrected chi connectivity index (χ2v) is 8.14. The molecule has 2 amide bonds. The van der Waals surface area contributed by atoms with Crippen LogP contribution >= 0.6 is 0 Å². The van der Waals surface area contributed by atoms with Gasteiger partial charge in [0.15, 0.2) is 6.61 Å². The largest absolute Gasteiger partial charge is 0.497 e. The van der Waals surface area contributed by atoms with Gasteiger partial charge in [-0.05, 0) is 56.5 Å². The van der Waals surface area contributed by atoms with Crippen molar-refractivity contribution in [2.24, 2.45) is 0 Å². The van der Waals surface area contributed by atoms with Gasteiger partial charge in [-0.2, -0.15) is 0 Å². The van der Waals surface area contributed by atoms with Gasteiger partial charge in [0.05, 0.1) is 7.11 Å². The molecule has 0 saturated heterocycles. The summed E-state index contributed by atoms with van der Waals surface area (Å²) in [5.41, 5.74) is 2.01. The monoisotopic (exact) mass is 424 g/mol. The number of ether oxygens (including phenoxy) is 2. The van der Waals surface area contributed by atoms with E-state index in [1.165, 1.54) is 0 Å². The van der Waals surface area contributed by atoms with Gasteiger partial charge in [-0.25, -0.2) is 0 Å². The summed E-state index contributed by atoms with van der Waals surface area (Å²) in [4.78, 5) is 27.6. The Balaban J connectivity index is 1.72. The fraction of sp³-hybridized carbons (Fsp3) is 0.440. The topological polar surface area (TPSA) is 67.9 Å². The minimum atomic E-state index is -0.610. The molecular weight excluding hydrogens is 392 g/mol. The first-order valence-electron chi connectivity index (χ1n) is 10.9. The van der Waals surface area contributed by atoms with Crippen LogP contribution in [-0.4, -0.2) is 42.5 Å². The molecule has 6 heteroatoms. The summed E-state index contributed by atoms with van der Waals surface area (Å²) >= 11 is 0. The second kappa shape index (κ2) is 10.8. The zero-order valence-corrected chi connectivity index (χ0v) is 18.6. The Hall–Kier alpha value is -3.02. The minimum Gasteiger partial charge on any atom is -0.497 e. The molecule has 3 rings (SSSR count). The van der Waals surface area contributed by atoms with Crippen LogP contribution in [0.5, 0.6) is 11.5 Å². The van der Waals surface area contributed by atoms with Crippen molar-refractivity contribution in [2.45, 2.75) is 58.2 Å². The third kappa shape index (κ3) is 6.48. The van der Waals surface area contributed by atoms with Gasteiger partial charge >= 0.3 is 0 Å². The van der Waals surface area contributed by atoms with E-state index in [0.29, 0.717) is 18.0 Å². The Morgan fingerprint density at radius 3 is 2.48 bits per heavy atom. The van der Waals surface area contributed by atoms with Crippen LogP contribution in [-0.2, 0) is 16.1 Å². The van der Waals surface area contributed by atoms with E-state index in [9.17, 15) is 9.59 Å². The van der Waals surface area contributed by atoms with Gasteiger partial charge in [-0.15, -0.1) is 0 Å². The number of carbonyl (C=O) groups excluding carboxylic acids is 2. The van der Waals surface area contributed by atoms with Gasteiger partial charge in [0, 0.05) is 12.6 Å². The molecule has 31 heavy (non-hydrogen) atoms. The quantitative estimate of drug-likeness (QED) is 0.664. The van der Waals surface area contributed by atoms with Crippen molar-refractivity contribution in [3.8, 4) is 11.5 Å². The molecule has 1 aliphatic rings. The maximum Gasteiger partial charge on any atom is 0.261 e. The molecule has 1 aliphatic carbocycles. The van der Waals surface area contributed by atoms with Crippen LogP contribution in [0.1, 0.15) is 43.7 Å². The van der Waals surface area contributed by atoms with E-state index in [0.717, 1.165) is 36.8 Å². The summed E-state index contributed by atoms with van der Waals surface area (Å²) in [6.45, 7) is 3.93. The number of benzene rings is 2. The van der Waals surface area contributed by atoms with Crippen molar-refractivity contribution in [1.82, 2.24) is 10.2 Å². The number of nitrogens with zero attached hydrogens (tertiary/aromatic N) is 1. The van der Waals surface area contributed by atoms with Crippen LogP contribution < -0.4 is 14.8 Å². The minimum absolute atomic E-state index is 0.126. The zero-order chi connectivity index (χ0) is 22.2. The third-order valence-electron chi connectivity index (χ3n) is 5.74. The third-order valence-corrected chi connectivity index (χ3v) is 5.74. The molecule has 0 radical (unpaired) electrons. The number of amides is 2. The molecule has 166 valence electrons. The maximum atomic E-state index is 13.1. The molecule has 1 saturated carbocycles. The van der Waals surface area contributed by atoms with Crippen LogP contribution in [0.25, 0.3) is 0 Å². The molecule has 1 fully saturated rings.